The molecule has 2 aromatic heterocycles. The van der Waals surface area contributed by atoms with Gasteiger partial charge in [0.15, 0.2) is 0 Å². The van der Waals surface area contributed by atoms with Crippen molar-refractivity contribution in [3.05, 3.63) is 34.6 Å². The number of hydrogen-bond acceptors (Lipinski definition) is 4. The standard InChI is InChI=1S/C16H23N3S/c1-5-12-9-18-8-7-13(12)16-19-15(11(3)4)14(20-16)10-17-6-2/h7-9,11,17H,5-6,10H2,1-4H3. The zero-order valence-corrected chi connectivity index (χ0v) is 13.5. The number of thiazole rings is 1. The van der Waals surface area contributed by atoms with Crippen LogP contribution in [0, 0.1) is 0 Å². The Labute approximate surface area is 125 Å². The predicted octanol–water partition coefficient (Wildman–Crippen LogP) is 4.00. The van der Waals surface area contributed by atoms with Crippen molar-refractivity contribution < 1.29 is 0 Å². The minimum Gasteiger partial charge on any atom is -0.312 e. The topological polar surface area (TPSA) is 37.8 Å². The molecule has 0 aliphatic carbocycles. The van der Waals surface area contributed by atoms with Gasteiger partial charge in [0.05, 0.1) is 5.69 Å². The molecule has 0 atom stereocenters. The van der Waals surface area contributed by atoms with Gasteiger partial charge in [0, 0.05) is 29.4 Å². The summed E-state index contributed by atoms with van der Waals surface area (Å²) in [5.74, 6) is 0.459. The summed E-state index contributed by atoms with van der Waals surface area (Å²) in [6, 6.07) is 2.08. The van der Waals surface area contributed by atoms with E-state index >= 15 is 0 Å². The van der Waals surface area contributed by atoms with E-state index in [1.807, 2.05) is 23.7 Å². The molecule has 1 N–H and O–H groups in total. The minimum atomic E-state index is 0.459. The number of hydrogen-bond donors (Lipinski definition) is 1. The van der Waals surface area contributed by atoms with Crippen LogP contribution in [-0.2, 0) is 13.0 Å². The number of rotatable bonds is 6. The zero-order valence-electron chi connectivity index (χ0n) is 12.7. The maximum atomic E-state index is 4.89. The summed E-state index contributed by atoms with van der Waals surface area (Å²) in [6.07, 6.45) is 4.80. The highest BCUT2D eigenvalue weighted by Crippen LogP contribution is 2.33. The van der Waals surface area contributed by atoms with Gasteiger partial charge in [-0.2, -0.15) is 0 Å². The van der Waals surface area contributed by atoms with Gasteiger partial charge in [0.2, 0.25) is 0 Å². The third-order valence-corrected chi connectivity index (χ3v) is 4.43. The van der Waals surface area contributed by atoms with Gasteiger partial charge in [-0.1, -0.05) is 27.7 Å². The van der Waals surface area contributed by atoms with Crippen molar-refractivity contribution in [1.82, 2.24) is 15.3 Å². The van der Waals surface area contributed by atoms with E-state index in [2.05, 4.69) is 44.1 Å². The van der Waals surface area contributed by atoms with Crippen LogP contribution in [0.15, 0.2) is 18.5 Å². The Bertz CT molecular complexity index is 561. The highest BCUT2D eigenvalue weighted by atomic mass is 32.1. The summed E-state index contributed by atoms with van der Waals surface area (Å²) in [5, 5.41) is 4.54. The molecule has 2 heterocycles. The van der Waals surface area contributed by atoms with Crippen molar-refractivity contribution >= 4 is 11.3 Å². The average molecular weight is 289 g/mol. The lowest BCUT2D eigenvalue weighted by atomic mass is 10.1. The Morgan fingerprint density at radius 1 is 1.30 bits per heavy atom. The first-order chi connectivity index (χ1) is 9.67. The second kappa shape index (κ2) is 6.95. The molecule has 4 heteroatoms. The molecule has 0 bridgehead atoms. The second-order valence-corrected chi connectivity index (χ2v) is 6.23. The fourth-order valence-electron chi connectivity index (χ4n) is 2.21. The lowest BCUT2D eigenvalue weighted by molar-refractivity contribution is 0.714. The summed E-state index contributed by atoms with van der Waals surface area (Å²) in [6.45, 7) is 10.6. The van der Waals surface area contributed by atoms with Gasteiger partial charge in [0.25, 0.3) is 0 Å². The van der Waals surface area contributed by atoms with Crippen molar-refractivity contribution in [3.8, 4) is 10.6 Å². The molecular formula is C16H23N3S. The van der Waals surface area contributed by atoms with E-state index in [9.17, 15) is 0 Å². The predicted molar refractivity (Wildman–Crippen MR) is 86.2 cm³/mol. The van der Waals surface area contributed by atoms with E-state index in [1.54, 1.807) is 0 Å². The molecule has 0 aromatic carbocycles. The molecule has 0 radical (unpaired) electrons. The van der Waals surface area contributed by atoms with Crippen LogP contribution in [0.4, 0.5) is 0 Å². The zero-order chi connectivity index (χ0) is 14.5. The van der Waals surface area contributed by atoms with Gasteiger partial charge in [-0.25, -0.2) is 4.98 Å². The molecular weight excluding hydrogens is 266 g/mol. The molecule has 0 fully saturated rings. The molecule has 0 saturated carbocycles. The van der Waals surface area contributed by atoms with E-state index in [1.165, 1.54) is 21.7 Å². The summed E-state index contributed by atoms with van der Waals surface area (Å²) >= 11 is 1.81. The SMILES string of the molecule is CCNCc1sc(-c2ccncc2CC)nc1C(C)C. The summed E-state index contributed by atoms with van der Waals surface area (Å²) < 4.78 is 0. The van der Waals surface area contributed by atoms with Gasteiger partial charge in [0.1, 0.15) is 5.01 Å². The monoisotopic (exact) mass is 289 g/mol. The summed E-state index contributed by atoms with van der Waals surface area (Å²) in [4.78, 5) is 10.5. The quantitative estimate of drug-likeness (QED) is 0.873. The molecule has 2 rings (SSSR count). The molecule has 0 amide bonds. The number of aromatic nitrogens is 2. The highest BCUT2D eigenvalue weighted by molar-refractivity contribution is 7.15. The van der Waals surface area contributed by atoms with Gasteiger partial charge >= 0.3 is 0 Å². The minimum absolute atomic E-state index is 0.459. The average Bonchev–Trinajstić information content (AvgIpc) is 2.89. The highest BCUT2D eigenvalue weighted by Gasteiger charge is 2.16. The Kier molecular flexibility index (Phi) is 5.26. The van der Waals surface area contributed by atoms with Crippen molar-refractivity contribution in [2.75, 3.05) is 6.54 Å². The third kappa shape index (κ3) is 3.25. The van der Waals surface area contributed by atoms with Crippen LogP contribution in [0.25, 0.3) is 10.6 Å². The van der Waals surface area contributed by atoms with E-state index in [0.29, 0.717) is 5.92 Å². The molecule has 0 unspecified atom stereocenters. The van der Waals surface area contributed by atoms with Crippen LogP contribution < -0.4 is 5.32 Å². The smallest absolute Gasteiger partial charge is 0.124 e. The molecule has 0 aliphatic heterocycles. The van der Waals surface area contributed by atoms with Crippen LogP contribution >= 0.6 is 11.3 Å². The number of nitrogens with zero attached hydrogens (tertiary/aromatic N) is 2. The Balaban J connectivity index is 2.42. The largest absolute Gasteiger partial charge is 0.312 e. The van der Waals surface area contributed by atoms with Crippen LogP contribution in [0.2, 0.25) is 0 Å². The maximum Gasteiger partial charge on any atom is 0.124 e. The second-order valence-electron chi connectivity index (χ2n) is 5.15. The summed E-state index contributed by atoms with van der Waals surface area (Å²) in [5.41, 5.74) is 3.73. The molecule has 0 saturated heterocycles. The van der Waals surface area contributed by atoms with E-state index in [4.69, 9.17) is 4.98 Å². The lowest BCUT2D eigenvalue weighted by Crippen LogP contribution is -2.12. The van der Waals surface area contributed by atoms with E-state index in [-0.39, 0.29) is 0 Å². The number of aryl methyl sites for hydroxylation is 1. The van der Waals surface area contributed by atoms with Crippen LogP contribution in [0.1, 0.15) is 49.7 Å². The van der Waals surface area contributed by atoms with E-state index < -0.39 is 0 Å². The van der Waals surface area contributed by atoms with Gasteiger partial charge in [-0.05, 0) is 30.5 Å². The molecule has 0 spiro atoms. The van der Waals surface area contributed by atoms with Crippen LogP contribution in [0.3, 0.4) is 0 Å². The van der Waals surface area contributed by atoms with Crippen molar-refractivity contribution in [1.29, 1.82) is 0 Å². The van der Waals surface area contributed by atoms with Crippen molar-refractivity contribution in [2.45, 2.75) is 46.6 Å². The fraction of sp³-hybridized carbons (Fsp3) is 0.500. The normalized spacial score (nSPS) is 11.2. The van der Waals surface area contributed by atoms with Crippen molar-refractivity contribution in [2.24, 2.45) is 0 Å². The first-order valence-electron chi connectivity index (χ1n) is 7.30. The Hall–Kier alpha value is -1.26. The first kappa shape index (κ1) is 15.1. The maximum absolute atomic E-state index is 4.89. The van der Waals surface area contributed by atoms with Gasteiger partial charge in [-0.15, -0.1) is 11.3 Å². The van der Waals surface area contributed by atoms with Gasteiger partial charge < -0.3 is 5.32 Å². The number of nitrogens with one attached hydrogen (secondary N) is 1. The Morgan fingerprint density at radius 3 is 2.75 bits per heavy atom. The molecule has 2 aromatic rings. The number of pyridine rings is 1. The van der Waals surface area contributed by atoms with E-state index in [0.717, 1.165) is 24.5 Å². The van der Waals surface area contributed by atoms with Gasteiger partial charge in [-0.3, -0.25) is 4.98 Å². The fourth-order valence-corrected chi connectivity index (χ4v) is 3.46. The van der Waals surface area contributed by atoms with Crippen LogP contribution in [-0.4, -0.2) is 16.5 Å². The van der Waals surface area contributed by atoms with Crippen LogP contribution in [0.5, 0.6) is 0 Å². The Morgan fingerprint density at radius 2 is 2.10 bits per heavy atom. The third-order valence-electron chi connectivity index (χ3n) is 3.32. The molecule has 108 valence electrons. The lowest BCUT2D eigenvalue weighted by Gasteiger charge is -2.05. The van der Waals surface area contributed by atoms with Crippen molar-refractivity contribution in [3.63, 3.8) is 0 Å². The molecule has 3 nitrogen and oxygen atoms in total. The first-order valence-corrected chi connectivity index (χ1v) is 8.12. The summed E-state index contributed by atoms with van der Waals surface area (Å²) in [7, 11) is 0. The molecule has 20 heavy (non-hydrogen) atoms. The molecule has 0 aliphatic rings.